The Hall–Kier alpha value is -3.96. The van der Waals surface area contributed by atoms with Gasteiger partial charge >= 0.3 is 17.9 Å². The number of fused-ring (bicyclic) bond motifs is 1. The predicted octanol–water partition coefficient (Wildman–Crippen LogP) is 0.617. The fraction of sp³-hybridized carbons (Fsp3) is 0.545. The zero-order chi connectivity index (χ0) is 26.8. The molecule has 0 aliphatic heterocycles. The summed E-state index contributed by atoms with van der Waals surface area (Å²) in [6.07, 6.45) is -1.28. The Kier molecular flexibility index (Phi) is 10.4. The molecule has 196 valence electrons. The minimum absolute atomic E-state index is 0.123. The summed E-state index contributed by atoms with van der Waals surface area (Å²) in [5.74, 6) is -1.70. The summed E-state index contributed by atoms with van der Waals surface area (Å²) in [7, 11) is 0. The molecule has 0 aliphatic carbocycles. The van der Waals surface area contributed by atoms with E-state index in [9.17, 15) is 19.6 Å². The van der Waals surface area contributed by atoms with Crippen molar-refractivity contribution in [3.05, 3.63) is 24.2 Å². The van der Waals surface area contributed by atoms with Crippen LogP contribution in [0.3, 0.4) is 0 Å². The number of nitrogen functional groups attached to an aromatic ring is 1. The van der Waals surface area contributed by atoms with Gasteiger partial charge in [-0.1, -0.05) is 0 Å². The number of carbonyl (C=O) groups excluding carboxylic acids is 3. The number of nitriles is 1. The van der Waals surface area contributed by atoms with Crippen molar-refractivity contribution in [3.8, 4) is 6.26 Å². The van der Waals surface area contributed by atoms with Gasteiger partial charge in [-0.15, -0.1) is 0 Å². The molecule has 2 heterocycles. The van der Waals surface area contributed by atoms with E-state index in [1.165, 1.54) is 17.8 Å². The quantitative estimate of drug-likeness (QED) is 0.126. The van der Waals surface area contributed by atoms with Gasteiger partial charge in [0.2, 0.25) is 0 Å². The summed E-state index contributed by atoms with van der Waals surface area (Å²) in [6, 6.07) is 2.50. The molecular formula is C22H30N6O8. The molecule has 0 spiro atoms. The lowest BCUT2D eigenvalue weighted by Gasteiger charge is -2.30. The Labute approximate surface area is 207 Å². The second-order valence-electron chi connectivity index (χ2n) is 7.98. The normalized spacial score (nSPS) is 14.4. The van der Waals surface area contributed by atoms with Crippen LogP contribution in [0, 0.1) is 11.5 Å². The predicted molar refractivity (Wildman–Crippen MR) is 123 cm³/mol. The molecule has 0 aromatic carbocycles. The summed E-state index contributed by atoms with van der Waals surface area (Å²) < 4.78 is 28.1. The van der Waals surface area contributed by atoms with Crippen LogP contribution in [-0.4, -0.2) is 70.2 Å². The molecule has 0 radical (unpaired) electrons. The minimum Gasteiger partial charge on any atom is -0.462 e. The first-order chi connectivity index (χ1) is 17.0. The van der Waals surface area contributed by atoms with Gasteiger partial charge in [-0.2, -0.15) is 10.4 Å². The van der Waals surface area contributed by atoms with Crippen LogP contribution in [0.15, 0.2) is 18.5 Å². The number of aromatic nitrogens is 3. The molecule has 0 unspecified atom stereocenters. The van der Waals surface area contributed by atoms with Crippen molar-refractivity contribution < 1.29 is 38.1 Å². The van der Waals surface area contributed by atoms with E-state index in [-0.39, 0.29) is 31.0 Å². The Morgan fingerprint density at radius 3 is 2.44 bits per heavy atom. The van der Waals surface area contributed by atoms with Gasteiger partial charge in [0.05, 0.1) is 25.1 Å². The molecule has 0 bridgehead atoms. The van der Waals surface area contributed by atoms with E-state index in [1.54, 1.807) is 39.2 Å². The Balaban J connectivity index is 2.28. The van der Waals surface area contributed by atoms with E-state index >= 15 is 0 Å². The highest BCUT2D eigenvalue weighted by Crippen LogP contribution is 2.30. The second kappa shape index (κ2) is 13.2. The number of esters is 3. The average Bonchev–Trinajstić information content (AvgIpc) is 3.22. The van der Waals surface area contributed by atoms with Gasteiger partial charge in [-0.25, -0.2) is 9.50 Å². The summed E-state index contributed by atoms with van der Waals surface area (Å²) in [5.41, 5.74) is 6.61. The Morgan fingerprint density at radius 1 is 1.14 bits per heavy atom. The maximum absolute atomic E-state index is 12.0. The maximum Gasteiger partial charge on any atom is 0.323 e. The summed E-state index contributed by atoms with van der Waals surface area (Å²) >= 11 is 0. The van der Waals surface area contributed by atoms with Crippen molar-refractivity contribution >= 4 is 29.2 Å². The molecule has 0 fully saturated rings. The number of carbonyl (C=O) groups is 3. The molecular weight excluding hydrogens is 476 g/mol. The number of ether oxygens (including phenoxy) is 5. The van der Waals surface area contributed by atoms with Crippen LogP contribution in [0.1, 0.15) is 46.4 Å². The molecule has 0 amide bonds. The number of hydrogen-bond donors (Lipinski definition) is 2. The summed E-state index contributed by atoms with van der Waals surface area (Å²) in [4.78, 5) is 39.8. The molecule has 3 N–H and O–H groups in total. The monoisotopic (exact) mass is 506 g/mol. The third-order valence-electron chi connectivity index (χ3n) is 4.75. The van der Waals surface area contributed by atoms with Gasteiger partial charge in [0.1, 0.15) is 17.9 Å². The second-order valence-corrected chi connectivity index (χ2v) is 7.98. The number of nitrogens with one attached hydrogen (secondary N) is 1. The first kappa shape index (κ1) is 28.3. The van der Waals surface area contributed by atoms with Crippen LogP contribution in [0.4, 0.5) is 5.82 Å². The number of hydrogen-bond acceptors (Lipinski definition) is 13. The van der Waals surface area contributed by atoms with Gasteiger partial charge in [0, 0.05) is 13.8 Å². The lowest BCUT2D eigenvalue weighted by Crippen LogP contribution is -2.43. The first-order valence-corrected chi connectivity index (χ1v) is 11.0. The van der Waals surface area contributed by atoms with Gasteiger partial charge in [-0.3, -0.25) is 19.7 Å². The van der Waals surface area contributed by atoms with Crippen LogP contribution in [0.5, 0.6) is 0 Å². The topological polar surface area (TPSA) is 189 Å². The number of nitrogens with two attached hydrogens (primary N) is 1. The highest BCUT2D eigenvalue weighted by atomic mass is 16.6. The van der Waals surface area contributed by atoms with Gasteiger partial charge in [0.25, 0.3) is 6.26 Å². The minimum atomic E-state index is -1.32. The van der Waals surface area contributed by atoms with Crippen LogP contribution in [0.2, 0.25) is 0 Å². The molecule has 0 saturated carbocycles. The molecule has 2 aromatic rings. The number of anilines is 1. The van der Waals surface area contributed by atoms with E-state index in [1.807, 2.05) is 0 Å². The van der Waals surface area contributed by atoms with Crippen LogP contribution in [0.25, 0.3) is 5.52 Å². The molecule has 14 nitrogen and oxygen atoms in total. The molecule has 0 aliphatic rings. The third kappa shape index (κ3) is 7.79. The van der Waals surface area contributed by atoms with Gasteiger partial charge in [0.15, 0.2) is 24.1 Å². The summed E-state index contributed by atoms with van der Waals surface area (Å²) in [5, 5.41) is 16.2. The van der Waals surface area contributed by atoms with Gasteiger partial charge in [-0.05, 0) is 32.9 Å². The average molecular weight is 507 g/mol. The molecule has 2 rings (SSSR count). The van der Waals surface area contributed by atoms with Gasteiger partial charge < -0.3 is 29.4 Å². The molecule has 2 aromatic heterocycles. The van der Waals surface area contributed by atoms with Crippen LogP contribution >= 0.6 is 0 Å². The number of nitrogens with zero attached hydrogens (tertiary/aromatic N) is 4. The van der Waals surface area contributed by atoms with Crippen LogP contribution < -0.4 is 11.1 Å². The van der Waals surface area contributed by atoms with Crippen molar-refractivity contribution in [3.63, 3.8) is 0 Å². The van der Waals surface area contributed by atoms with Crippen molar-refractivity contribution in [2.75, 3.05) is 19.1 Å². The Bertz CT molecular complexity index is 1100. The maximum atomic E-state index is 12.0. The smallest absolute Gasteiger partial charge is 0.323 e. The Morgan fingerprint density at radius 2 is 1.83 bits per heavy atom. The van der Waals surface area contributed by atoms with E-state index < -0.39 is 42.3 Å². The van der Waals surface area contributed by atoms with E-state index in [4.69, 9.17) is 29.4 Å². The fourth-order valence-corrected chi connectivity index (χ4v) is 3.23. The zero-order valence-corrected chi connectivity index (χ0v) is 20.7. The van der Waals surface area contributed by atoms with Crippen molar-refractivity contribution in [2.45, 2.75) is 65.1 Å². The SMILES string of the molecule is CC(=O)O[C@H]([C@@H](COCN[C@@H](C)C(=O)OC(C)C)OC#N)[C@@H](OC(C)=O)c1ccc2c(N)ncnn12. The molecule has 0 saturated heterocycles. The summed E-state index contributed by atoms with van der Waals surface area (Å²) in [6.45, 7) is 6.99. The molecule has 4 atom stereocenters. The van der Waals surface area contributed by atoms with Crippen molar-refractivity contribution in [1.29, 1.82) is 5.26 Å². The largest absolute Gasteiger partial charge is 0.462 e. The zero-order valence-electron chi connectivity index (χ0n) is 20.7. The first-order valence-electron chi connectivity index (χ1n) is 11.0. The highest BCUT2D eigenvalue weighted by Gasteiger charge is 2.39. The van der Waals surface area contributed by atoms with E-state index in [0.29, 0.717) is 5.52 Å². The number of rotatable bonds is 13. The lowest BCUT2D eigenvalue weighted by molar-refractivity contribution is -0.179. The highest BCUT2D eigenvalue weighted by molar-refractivity contribution is 5.75. The standard InChI is InChI=1S/C22H30N6O8/c1-12(2)34-22(31)13(3)26-11-32-8-18(33-9-23)20(36-15(5)30)19(35-14(4)29)16-6-7-17-21(24)25-10-27-28(16)17/h6-7,10,12-13,18-20,26H,8,11H2,1-5H3,(H2,24,25,27)/t13-,18+,19-,20+/m0/s1. The van der Waals surface area contributed by atoms with E-state index in [0.717, 1.165) is 6.92 Å². The third-order valence-corrected chi connectivity index (χ3v) is 4.75. The lowest BCUT2D eigenvalue weighted by atomic mass is 10.0. The van der Waals surface area contributed by atoms with Crippen molar-refractivity contribution in [1.82, 2.24) is 19.9 Å². The van der Waals surface area contributed by atoms with E-state index in [2.05, 4.69) is 15.4 Å². The van der Waals surface area contributed by atoms with Crippen molar-refractivity contribution in [2.24, 2.45) is 0 Å². The molecule has 14 heteroatoms. The molecule has 36 heavy (non-hydrogen) atoms. The van der Waals surface area contributed by atoms with Crippen LogP contribution in [-0.2, 0) is 38.1 Å². The fourth-order valence-electron chi connectivity index (χ4n) is 3.23.